The summed E-state index contributed by atoms with van der Waals surface area (Å²) in [6.07, 6.45) is 1.81. The molecule has 6 nitrogen and oxygen atoms in total. The van der Waals surface area contributed by atoms with Crippen LogP contribution in [-0.2, 0) is 11.3 Å². The first kappa shape index (κ1) is 17.2. The summed E-state index contributed by atoms with van der Waals surface area (Å²) in [5.41, 5.74) is 1.06. The molecule has 26 heavy (non-hydrogen) atoms. The Hall–Kier alpha value is -2.25. The van der Waals surface area contributed by atoms with Crippen LogP contribution in [0.1, 0.15) is 15.4 Å². The Balaban J connectivity index is 1.23. The van der Waals surface area contributed by atoms with E-state index in [-0.39, 0.29) is 17.7 Å². The van der Waals surface area contributed by atoms with Gasteiger partial charge in [0.1, 0.15) is 0 Å². The van der Waals surface area contributed by atoms with Crippen molar-refractivity contribution in [3.8, 4) is 0 Å². The van der Waals surface area contributed by atoms with Gasteiger partial charge >= 0.3 is 0 Å². The summed E-state index contributed by atoms with van der Waals surface area (Å²) in [7, 11) is 0. The minimum Gasteiger partial charge on any atom is -0.340 e. The largest absolute Gasteiger partial charge is 0.340 e. The summed E-state index contributed by atoms with van der Waals surface area (Å²) < 4.78 is 0. The second kappa shape index (κ2) is 7.55. The van der Waals surface area contributed by atoms with Gasteiger partial charge in [0.05, 0.1) is 16.5 Å². The maximum absolute atomic E-state index is 12.7. The fraction of sp³-hybridized carbons (Fsp3) is 0.421. The number of nitrogens with zero attached hydrogens (tertiary/aromatic N) is 4. The molecule has 0 aliphatic carbocycles. The highest BCUT2D eigenvalue weighted by atomic mass is 32.1. The molecule has 136 valence electrons. The number of rotatable bonds is 4. The van der Waals surface area contributed by atoms with E-state index in [1.54, 1.807) is 4.90 Å². The Labute approximate surface area is 157 Å². The molecule has 0 radical (unpaired) electrons. The Morgan fingerprint density at radius 2 is 1.85 bits per heavy atom. The zero-order valence-corrected chi connectivity index (χ0v) is 15.4. The molecular formula is C19H22N4O2S. The van der Waals surface area contributed by atoms with Crippen LogP contribution in [0.25, 0.3) is 0 Å². The molecule has 0 bridgehead atoms. The van der Waals surface area contributed by atoms with E-state index in [0.717, 1.165) is 43.3 Å². The second-order valence-corrected chi connectivity index (χ2v) is 7.75. The number of carbonyl (C=O) groups is 2. The lowest BCUT2D eigenvalue weighted by molar-refractivity contribution is -0.141. The third-order valence-electron chi connectivity index (χ3n) is 5.05. The lowest BCUT2D eigenvalue weighted by Crippen LogP contribution is -2.58. The molecule has 0 atom stereocenters. The van der Waals surface area contributed by atoms with Gasteiger partial charge in [-0.3, -0.25) is 19.5 Å². The fourth-order valence-corrected chi connectivity index (χ4v) is 4.15. The van der Waals surface area contributed by atoms with E-state index in [1.807, 2.05) is 46.8 Å². The minimum absolute atomic E-state index is 0.0405. The van der Waals surface area contributed by atoms with Crippen molar-refractivity contribution in [2.45, 2.75) is 6.54 Å². The van der Waals surface area contributed by atoms with Crippen LogP contribution in [-0.4, -0.2) is 70.8 Å². The van der Waals surface area contributed by atoms with Gasteiger partial charge in [-0.05, 0) is 23.6 Å². The third-order valence-corrected chi connectivity index (χ3v) is 5.90. The van der Waals surface area contributed by atoms with Crippen molar-refractivity contribution in [1.29, 1.82) is 0 Å². The molecule has 2 aliphatic rings. The van der Waals surface area contributed by atoms with Crippen molar-refractivity contribution in [1.82, 2.24) is 19.7 Å². The number of hydrogen-bond donors (Lipinski definition) is 0. The first-order chi connectivity index (χ1) is 12.7. The Bertz CT molecular complexity index is 751. The summed E-state index contributed by atoms with van der Waals surface area (Å²) in [5, 5.41) is 1.90. The van der Waals surface area contributed by atoms with Crippen LogP contribution in [0.2, 0.25) is 0 Å². The van der Waals surface area contributed by atoms with E-state index < -0.39 is 0 Å². The highest BCUT2D eigenvalue weighted by Crippen LogP contribution is 2.23. The summed E-state index contributed by atoms with van der Waals surface area (Å²) in [4.78, 5) is 36.1. The lowest BCUT2D eigenvalue weighted by Gasteiger charge is -2.42. The molecule has 7 heteroatoms. The van der Waals surface area contributed by atoms with Gasteiger partial charge < -0.3 is 9.80 Å². The average Bonchev–Trinajstić information content (AvgIpc) is 3.16. The zero-order chi connectivity index (χ0) is 17.9. The van der Waals surface area contributed by atoms with Crippen LogP contribution in [0.4, 0.5) is 0 Å². The van der Waals surface area contributed by atoms with E-state index in [4.69, 9.17) is 0 Å². The van der Waals surface area contributed by atoms with E-state index in [9.17, 15) is 9.59 Å². The number of thiophene rings is 1. The van der Waals surface area contributed by atoms with Crippen LogP contribution in [0.5, 0.6) is 0 Å². The predicted molar refractivity (Wildman–Crippen MR) is 99.8 cm³/mol. The second-order valence-electron chi connectivity index (χ2n) is 6.81. The van der Waals surface area contributed by atoms with Crippen molar-refractivity contribution in [3.63, 3.8) is 0 Å². The summed E-state index contributed by atoms with van der Waals surface area (Å²) >= 11 is 1.45. The van der Waals surface area contributed by atoms with Gasteiger partial charge in [-0.25, -0.2) is 0 Å². The first-order valence-corrected chi connectivity index (χ1v) is 9.82. The zero-order valence-electron chi connectivity index (χ0n) is 14.6. The fourth-order valence-electron chi connectivity index (χ4n) is 3.46. The maximum Gasteiger partial charge on any atom is 0.263 e. The summed E-state index contributed by atoms with van der Waals surface area (Å²) in [6, 6.07) is 9.67. The van der Waals surface area contributed by atoms with Crippen molar-refractivity contribution >= 4 is 23.2 Å². The van der Waals surface area contributed by atoms with Crippen LogP contribution in [0.15, 0.2) is 41.9 Å². The summed E-state index contributed by atoms with van der Waals surface area (Å²) in [6.45, 7) is 5.16. The molecule has 0 aromatic carbocycles. The molecule has 2 aromatic heterocycles. The molecule has 0 N–H and O–H groups in total. The normalized spacial score (nSPS) is 18.6. The van der Waals surface area contributed by atoms with Gasteiger partial charge in [0.25, 0.3) is 5.91 Å². The van der Waals surface area contributed by atoms with Crippen LogP contribution < -0.4 is 0 Å². The maximum atomic E-state index is 12.7. The van der Waals surface area contributed by atoms with E-state index in [0.29, 0.717) is 13.1 Å². The first-order valence-electron chi connectivity index (χ1n) is 8.94. The van der Waals surface area contributed by atoms with Crippen molar-refractivity contribution in [2.24, 2.45) is 5.92 Å². The number of hydrogen-bond acceptors (Lipinski definition) is 5. The molecule has 2 aliphatic heterocycles. The SMILES string of the molecule is O=C(c1cccs1)N1CC(C(=O)N2CCN(Cc3ccccn3)CC2)C1. The highest BCUT2D eigenvalue weighted by molar-refractivity contribution is 7.12. The van der Waals surface area contributed by atoms with Gasteiger partial charge in [-0.2, -0.15) is 0 Å². The van der Waals surface area contributed by atoms with Crippen LogP contribution in [0, 0.1) is 5.92 Å². The molecule has 2 saturated heterocycles. The van der Waals surface area contributed by atoms with Crippen molar-refractivity contribution < 1.29 is 9.59 Å². The van der Waals surface area contributed by atoms with Gasteiger partial charge in [0.2, 0.25) is 5.91 Å². The van der Waals surface area contributed by atoms with Gasteiger partial charge in [0.15, 0.2) is 0 Å². The standard InChI is InChI=1S/C19H22N4O2S/c24-18(15-12-23(13-15)19(25)17-5-3-11-26-17)22-9-7-21(8-10-22)14-16-4-1-2-6-20-16/h1-6,11,15H,7-10,12-14H2. The predicted octanol–water partition coefficient (Wildman–Crippen LogP) is 1.56. The number of amides is 2. The molecule has 0 unspecified atom stereocenters. The number of aromatic nitrogens is 1. The monoisotopic (exact) mass is 370 g/mol. The van der Waals surface area contributed by atoms with Gasteiger partial charge in [-0.15, -0.1) is 11.3 Å². The van der Waals surface area contributed by atoms with Gasteiger partial charge in [-0.1, -0.05) is 12.1 Å². The average molecular weight is 370 g/mol. The molecule has 0 spiro atoms. The van der Waals surface area contributed by atoms with E-state index in [2.05, 4.69) is 9.88 Å². The Kier molecular flexibility index (Phi) is 4.99. The van der Waals surface area contributed by atoms with Crippen molar-refractivity contribution in [2.75, 3.05) is 39.3 Å². The number of piperazine rings is 1. The molecule has 2 amide bonds. The number of carbonyl (C=O) groups excluding carboxylic acids is 2. The van der Waals surface area contributed by atoms with Crippen LogP contribution in [0.3, 0.4) is 0 Å². The van der Waals surface area contributed by atoms with Crippen molar-refractivity contribution in [3.05, 3.63) is 52.5 Å². The molecule has 2 fully saturated rings. The lowest BCUT2D eigenvalue weighted by atomic mass is 9.97. The Morgan fingerprint density at radius 1 is 1.04 bits per heavy atom. The van der Waals surface area contributed by atoms with Crippen LogP contribution >= 0.6 is 11.3 Å². The topological polar surface area (TPSA) is 56.8 Å². The molecule has 4 rings (SSSR count). The summed E-state index contributed by atoms with van der Waals surface area (Å²) in [5.74, 6) is 0.197. The minimum atomic E-state index is -0.0405. The molecular weight excluding hydrogens is 348 g/mol. The highest BCUT2D eigenvalue weighted by Gasteiger charge is 2.39. The number of pyridine rings is 1. The Morgan fingerprint density at radius 3 is 2.50 bits per heavy atom. The van der Waals surface area contributed by atoms with E-state index in [1.165, 1.54) is 11.3 Å². The molecule has 4 heterocycles. The smallest absolute Gasteiger partial charge is 0.263 e. The number of likely N-dealkylation sites (tertiary alicyclic amines) is 1. The van der Waals surface area contributed by atoms with E-state index >= 15 is 0 Å². The molecule has 2 aromatic rings. The van der Waals surface area contributed by atoms with Gasteiger partial charge in [0, 0.05) is 52.0 Å². The molecule has 0 saturated carbocycles. The quantitative estimate of drug-likeness (QED) is 0.820. The third kappa shape index (κ3) is 3.64.